The standard InChI is InChI=1S/C26H29N3O4/c1-17-6-5-7-20-21(17)14-22(27-24(20)31)19-10-8-18(9-11-19)15-28-12-13-29(16-23(28)30)25(32)33-26(2,3)4/h5-11,14H,12-13,15-16H2,1-4H3,(H,27,31). The Hall–Kier alpha value is -3.61. The number of amides is 2. The van der Waals surface area contributed by atoms with E-state index in [2.05, 4.69) is 4.98 Å². The van der Waals surface area contributed by atoms with Gasteiger partial charge >= 0.3 is 6.09 Å². The molecule has 4 rings (SSSR count). The fourth-order valence-electron chi connectivity index (χ4n) is 3.96. The number of H-pyrrole nitrogens is 1. The van der Waals surface area contributed by atoms with Crippen LogP contribution in [0.3, 0.4) is 0 Å². The average molecular weight is 448 g/mol. The third kappa shape index (κ3) is 5.08. The predicted molar refractivity (Wildman–Crippen MR) is 128 cm³/mol. The molecule has 7 nitrogen and oxygen atoms in total. The van der Waals surface area contributed by atoms with Gasteiger partial charge in [0.05, 0.1) is 0 Å². The molecule has 1 aliphatic rings. The first kappa shape index (κ1) is 22.6. The van der Waals surface area contributed by atoms with Crippen molar-refractivity contribution in [3.05, 3.63) is 70.0 Å². The lowest BCUT2D eigenvalue weighted by Crippen LogP contribution is -2.52. The summed E-state index contributed by atoms with van der Waals surface area (Å²) >= 11 is 0. The van der Waals surface area contributed by atoms with Crippen molar-refractivity contribution in [1.29, 1.82) is 0 Å². The number of aryl methyl sites for hydroxylation is 1. The number of fused-ring (bicyclic) bond motifs is 1. The lowest BCUT2D eigenvalue weighted by atomic mass is 10.0. The Labute approximate surface area is 193 Å². The molecule has 0 spiro atoms. The van der Waals surface area contributed by atoms with Crippen LogP contribution in [0.5, 0.6) is 0 Å². The van der Waals surface area contributed by atoms with Crippen LogP contribution in [0.25, 0.3) is 22.0 Å². The number of aromatic amines is 1. The van der Waals surface area contributed by atoms with Crippen molar-refractivity contribution < 1.29 is 14.3 Å². The monoisotopic (exact) mass is 447 g/mol. The molecule has 2 heterocycles. The maximum absolute atomic E-state index is 12.6. The highest BCUT2D eigenvalue weighted by Crippen LogP contribution is 2.23. The highest BCUT2D eigenvalue weighted by molar-refractivity contribution is 5.88. The first-order chi connectivity index (χ1) is 15.6. The van der Waals surface area contributed by atoms with Crippen LogP contribution in [-0.4, -0.2) is 52.0 Å². The molecule has 7 heteroatoms. The van der Waals surface area contributed by atoms with E-state index in [0.29, 0.717) is 25.0 Å². The second-order valence-electron chi connectivity index (χ2n) is 9.46. The van der Waals surface area contributed by atoms with Crippen molar-refractivity contribution in [3.63, 3.8) is 0 Å². The van der Waals surface area contributed by atoms with Crippen molar-refractivity contribution in [3.8, 4) is 11.3 Å². The van der Waals surface area contributed by atoms with E-state index in [-0.39, 0.29) is 18.0 Å². The summed E-state index contributed by atoms with van der Waals surface area (Å²) in [6, 6.07) is 15.5. The van der Waals surface area contributed by atoms with Crippen molar-refractivity contribution in [2.45, 2.75) is 39.8 Å². The molecule has 1 N–H and O–H groups in total. The minimum Gasteiger partial charge on any atom is -0.444 e. The Morgan fingerprint density at radius 3 is 2.42 bits per heavy atom. The van der Waals surface area contributed by atoms with Gasteiger partial charge < -0.3 is 14.6 Å². The third-order valence-corrected chi connectivity index (χ3v) is 5.71. The number of ether oxygens (including phenoxy) is 1. The molecule has 0 saturated carbocycles. The number of hydrogen-bond donors (Lipinski definition) is 1. The highest BCUT2D eigenvalue weighted by Gasteiger charge is 2.30. The van der Waals surface area contributed by atoms with Gasteiger partial charge in [-0.1, -0.05) is 36.4 Å². The zero-order valence-electron chi connectivity index (χ0n) is 19.5. The fraction of sp³-hybridized carbons (Fsp3) is 0.346. The van der Waals surface area contributed by atoms with Gasteiger partial charge in [-0.2, -0.15) is 0 Å². The molecule has 33 heavy (non-hydrogen) atoms. The summed E-state index contributed by atoms with van der Waals surface area (Å²) in [5.41, 5.74) is 3.01. The van der Waals surface area contributed by atoms with Crippen LogP contribution in [0.1, 0.15) is 31.9 Å². The van der Waals surface area contributed by atoms with Crippen molar-refractivity contribution in [2.24, 2.45) is 0 Å². The van der Waals surface area contributed by atoms with Gasteiger partial charge in [0.15, 0.2) is 0 Å². The maximum atomic E-state index is 12.6. The van der Waals surface area contributed by atoms with E-state index in [1.165, 1.54) is 4.90 Å². The predicted octanol–water partition coefficient (Wildman–Crippen LogP) is 4.08. The number of aromatic nitrogens is 1. The number of nitrogens with one attached hydrogen (secondary N) is 1. The second-order valence-corrected chi connectivity index (χ2v) is 9.46. The summed E-state index contributed by atoms with van der Waals surface area (Å²) in [7, 11) is 0. The molecule has 0 aliphatic carbocycles. The molecule has 0 atom stereocenters. The zero-order chi connectivity index (χ0) is 23.8. The first-order valence-corrected chi connectivity index (χ1v) is 11.1. The Morgan fingerprint density at radius 2 is 1.76 bits per heavy atom. The maximum Gasteiger partial charge on any atom is 0.410 e. The Balaban J connectivity index is 1.44. The molecule has 1 fully saturated rings. The number of pyridine rings is 1. The van der Waals surface area contributed by atoms with Crippen LogP contribution in [-0.2, 0) is 16.1 Å². The Bertz CT molecular complexity index is 1260. The normalized spacial score (nSPS) is 14.6. The van der Waals surface area contributed by atoms with E-state index in [0.717, 1.165) is 27.8 Å². The third-order valence-electron chi connectivity index (χ3n) is 5.71. The van der Waals surface area contributed by atoms with E-state index in [1.54, 1.807) is 25.7 Å². The molecule has 1 aliphatic heterocycles. The van der Waals surface area contributed by atoms with Crippen LogP contribution in [0.2, 0.25) is 0 Å². The van der Waals surface area contributed by atoms with Gasteiger partial charge in [0, 0.05) is 30.7 Å². The SMILES string of the molecule is Cc1cccc2c(=O)[nH]c(-c3ccc(CN4CCN(C(=O)OC(C)(C)C)CC4=O)cc3)cc12. The van der Waals surface area contributed by atoms with Gasteiger partial charge in [0.2, 0.25) is 5.91 Å². The van der Waals surface area contributed by atoms with Gasteiger partial charge in [0.25, 0.3) is 5.56 Å². The molecule has 2 aromatic carbocycles. The van der Waals surface area contributed by atoms with E-state index in [9.17, 15) is 14.4 Å². The van der Waals surface area contributed by atoms with Crippen LogP contribution in [0.4, 0.5) is 4.79 Å². The average Bonchev–Trinajstić information content (AvgIpc) is 2.75. The molecule has 0 radical (unpaired) electrons. The van der Waals surface area contributed by atoms with Crippen LogP contribution < -0.4 is 5.56 Å². The summed E-state index contributed by atoms with van der Waals surface area (Å²) in [5.74, 6) is -0.106. The molecule has 2 amide bonds. The molecule has 3 aromatic rings. The van der Waals surface area contributed by atoms with Gasteiger partial charge in [-0.15, -0.1) is 0 Å². The molecule has 0 unspecified atom stereocenters. The van der Waals surface area contributed by atoms with Gasteiger partial charge in [-0.3, -0.25) is 14.5 Å². The summed E-state index contributed by atoms with van der Waals surface area (Å²) in [6.07, 6.45) is -0.459. The number of benzene rings is 2. The number of piperazine rings is 1. The van der Waals surface area contributed by atoms with Crippen LogP contribution in [0.15, 0.2) is 53.3 Å². The van der Waals surface area contributed by atoms with Crippen LogP contribution in [0, 0.1) is 6.92 Å². The Kier molecular flexibility index (Phi) is 5.97. The minimum absolute atomic E-state index is 0.0185. The lowest BCUT2D eigenvalue weighted by Gasteiger charge is -2.35. The molecule has 1 aromatic heterocycles. The van der Waals surface area contributed by atoms with E-state index >= 15 is 0 Å². The molecule has 0 bridgehead atoms. The molecule has 172 valence electrons. The fourth-order valence-corrected chi connectivity index (χ4v) is 3.96. The highest BCUT2D eigenvalue weighted by atomic mass is 16.6. The number of rotatable bonds is 3. The first-order valence-electron chi connectivity index (χ1n) is 11.1. The van der Waals surface area contributed by atoms with Gasteiger partial charge in [-0.05, 0) is 61.9 Å². The van der Waals surface area contributed by atoms with Crippen molar-refractivity contribution in [2.75, 3.05) is 19.6 Å². The summed E-state index contributed by atoms with van der Waals surface area (Å²) in [6.45, 7) is 8.80. The van der Waals surface area contributed by atoms with E-state index in [1.807, 2.05) is 55.5 Å². The van der Waals surface area contributed by atoms with E-state index in [4.69, 9.17) is 4.74 Å². The minimum atomic E-state index is -0.590. The van der Waals surface area contributed by atoms with Gasteiger partial charge in [0.1, 0.15) is 12.1 Å². The number of nitrogens with zero attached hydrogens (tertiary/aromatic N) is 2. The second kappa shape index (κ2) is 8.73. The summed E-state index contributed by atoms with van der Waals surface area (Å²) in [5, 5.41) is 1.62. The van der Waals surface area contributed by atoms with Crippen LogP contribution >= 0.6 is 0 Å². The van der Waals surface area contributed by atoms with Crippen molar-refractivity contribution in [1.82, 2.24) is 14.8 Å². The number of hydrogen-bond acceptors (Lipinski definition) is 4. The smallest absolute Gasteiger partial charge is 0.410 e. The summed E-state index contributed by atoms with van der Waals surface area (Å²) < 4.78 is 5.37. The van der Waals surface area contributed by atoms with Crippen molar-refractivity contribution >= 4 is 22.8 Å². The quantitative estimate of drug-likeness (QED) is 0.656. The molecule has 1 saturated heterocycles. The number of carbonyl (C=O) groups is 2. The topological polar surface area (TPSA) is 82.7 Å². The zero-order valence-corrected chi connectivity index (χ0v) is 19.5. The molecular formula is C26H29N3O4. The number of carbonyl (C=O) groups excluding carboxylic acids is 2. The van der Waals surface area contributed by atoms with Gasteiger partial charge in [-0.25, -0.2) is 4.79 Å². The Morgan fingerprint density at radius 1 is 1.03 bits per heavy atom. The summed E-state index contributed by atoms with van der Waals surface area (Å²) in [4.78, 5) is 43.5. The largest absolute Gasteiger partial charge is 0.444 e. The van der Waals surface area contributed by atoms with E-state index < -0.39 is 11.7 Å². The lowest BCUT2D eigenvalue weighted by molar-refractivity contribution is -0.136. The molecular weight excluding hydrogens is 418 g/mol.